The molecule has 5 nitrogen and oxygen atoms in total. The number of pyridine rings is 1. The Kier molecular flexibility index (Phi) is 5.85. The maximum absolute atomic E-state index is 12.8. The highest BCUT2D eigenvalue weighted by atomic mass is 19.1. The van der Waals surface area contributed by atoms with Crippen LogP contribution in [0.25, 0.3) is 0 Å². The Labute approximate surface area is 128 Å². The Morgan fingerprint density at radius 3 is 2.59 bits per heavy atom. The number of carbonyl (C=O) groups excluding carboxylic acids is 1. The number of nitrogens with two attached hydrogens (primary N) is 1. The van der Waals surface area contributed by atoms with E-state index in [1.54, 1.807) is 30.5 Å². The summed E-state index contributed by atoms with van der Waals surface area (Å²) < 4.78 is 12.8. The van der Waals surface area contributed by atoms with Gasteiger partial charge in [-0.3, -0.25) is 4.79 Å². The highest BCUT2D eigenvalue weighted by Crippen LogP contribution is 2.10. The van der Waals surface area contributed by atoms with E-state index in [0.717, 1.165) is 17.8 Å². The lowest BCUT2D eigenvalue weighted by atomic mass is 10.1. The third-order valence-electron chi connectivity index (χ3n) is 3.05. The van der Waals surface area contributed by atoms with Gasteiger partial charge in [-0.2, -0.15) is 0 Å². The quantitative estimate of drug-likeness (QED) is 0.732. The molecule has 1 amide bonds. The normalized spacial score (nSPS) is 10.3. The van der Waals surface area contributed by atoms with Crippen LogP contribution in [-0.4, -0.2) is 24.0 Å². The van der Waals surface area contributed by atoms with Crippen molar-refractivity contribution in [1.82, 2.24) is 4.98 Å². The van der Waals surface area contributed by atoms with E-state index in [2.05, 4.69) is 15.6 Å². The monoisotopic (exact) mass is 302 g/mol. The van der Waals surface area contributed by atoms with Gasteiger partial charge in [-0.1, -0.05) is 12.1 Å². The average Bonchev–Trinajstić information content (AvgIpc) is 2.51. The fourth-order valence-corrected chi connectivity index (χ4v) is 1.91. The van der Waals surface area contributed by atoms with E-state index in [0.29, 0.717) is 18.8 Å². The van der Waals surface area contributed by atoms with Crippen LogP contribution in [0.1, 0.15) is 12.0 Å². The van der Waals surface area contributed by atoms with Crippen molar-refractivity contribution in [2.75, 3.05) is 23.7 Å². The highest BCUT2D eigenvalue weighted by molar-refractivity contribution is 5.90. The zero-order valence-corrected chi connectivity index (χ0v) is 12.2. The molecule has 0 bridgehead atoms. The number of amides is 1. The molecule has 4 N–H and O–H groups in total. The minimum absolute atomic E-state index is 0.124. The molecule has 1 aromatic carbocycles. The Hall–Kier alpha value is -2.47. The van der Waals surface area contributed by atoms with E-state index in [9.17, 15) is 9.18 Å². The van der Waals surface area contributed by atoms with Crippen molar-refractivity contribution >= 4 is 17.4 Å². The molecule has 0 fully saturated rings. The first-order valence-electron chi connectivity index (χ1n) is 7.11. The number of benzene rings is 1. The van der Waals surface area contributed by atoms with Crippen molar-refractivity contribution < 1.29 is 9.18 Å². The number of anilines is 2. The Bertz CT molecular complexity index is 599. The molecule has 0 unspecified atom stereocenters. The number of carbonyl (C=O) groups is 1. The number of nitrogens with one attached hydrogen (secondary N) is 2. The van der Waals surface area contributed by atoms with Gasteiger partial charge in [0.25, 0.3) is 0 Å². The van der Waals surface area contributed by atoms with Gasteiger partial charge in [0.05, 0.1) is 11.9 Å². The van der Waals surface area contributed by atoms with E-state index in [1.807, 2.05) is 0 Å². The van der Waals surface area contributed by atoms with Crippen LogP contribution in [0.3, 0.4) is 0 Å². The lowest BCUT2D eigenvalue weighted by molar-refractivity contribution is -0.116. The second kappa shape index (κ2) is 8.09. The molecular formula is C16H19FN4O. The third kappa shape index (κ3) is 5.14. The zero-order chi connectivity index (χ0) is 15.8. The molecule has 0 atom stereocenters. The van der Waals surface area contributed by atoms with E-state index in [4.69, 9.17) is 5.73 Å². The second-order valence-corrected chi connectivity index (χ2v) is 4.82. The van der Waals surface area contributed by atoms with Gasteiger partial charge in [0.1, 0.15) is 11.6 Å². The summed E-state index contributed by atoms with van der Waals surface area (Å²) in [5, 5.41) is 5.89. The molecule has 0 radical (unpaired) electrons. The van der Waals surface area contributed by atoms with Gasteiger partial charge in [0.15, 0.2) is 0 Å². The molecule has 0 spiro atoms. The molecule has 2 aromatic rings. The first-order valence-corrected chi connectivity index (χ1v) is 7.11. The predicted octanol–water partition coefficient (Wildman–Crippen LogP) is 2.16. The molecule has 0 saturated heterocycles. The largest absolute Gasteiger partial charge is 0.370 e. The van der Waals surface area contributed by atoms with Gasteiger partial charge < -0.3 is 16.4 Å². The molecule has 0 aliphatic rings. The summed E-state index contributed by atoms with van der Waals surface area (Å²) in [6, 6.07) is 10.0. The zero-order valence-electron chi connectivity index (χ0n) is 12.2. The number of rotatable bonds is 7. The Morgan fingerprint density at radius 1 is 1.18 bits per heavy atom. The smallest absolute Gasteiger partial charge is 0.225 e. The molecule has 1 heterocycles. The Balaban J connectivity index is 1.78. The molecule has 0 aliphatic heterocycles. The second-order valence-electron chi connectivity index (χ2n) is 4.82. The summed E-state index contributed by atoms with van der Waals surface area (Å²) >= 11 is 0. The highest BCUT2D eigenvalue weighted by Gasteiger charge is 2.01. The first kappa shape index (κ1) is 15.9. The van der Waals surface area contributed by atoms with Crippen LogP contribution in [0.2, 0.25) is 0 Å². The Morgan fingerprint density at radius 2 is 1.95 bits per heavy atom. The van der Waals surface area contributed by atoms with Gasteiger partial charge in [-0.05, 0) is 36.2 Å². The molecule has 1 aromatic heterocycles. The van der Waals surface area contributed by atoms with Gasteiger partial charge in [0.2, 0.25) is 5.91 Å². The lowest BCUT2D eigenvalue weighted by Crippen LogP contribution is -2.16. The first-order chi connectivity index (χ1) is 10.7. The maximum atomic E-state index is 12.8. The number of halogens is 1. The van der Waals surface area contributed by atoms with Gasteiger partial charge in [-0.25, -0.2) is 9.37 Å². The van der Waals surface area contributed by atoms with Crippen LogP contribution in [0.5, 0.6) is 0 Å². The third-order valence-corrected chi connectivity index (χ3v) is 3.05. The van der Waals surface area contributed by atoms with E-state index in [-0.39, 0.29) is 18.1 Å². The van der Waals surface area contributed by atoms with Crippen LogP contribution in [-0.2, 0) is 11.2 Å². The van der Waals surface area contributed by atoms with Crippen molar-refractivity contribution in [2.24, 2.45) is 5.73 Å². The SMILES string of the molecule is NCCC(=O)Nc1ccc(NCCc2ccc(F)cc2)nc1. The standard InChI is InChI=1S/C16H19FN4O/c17-13-3-1-12(2-4-13)8-10-19-15-6-5-14(11-20-15)21-16(22)7-9-18/h1-6,11H,7-10,18H2,(H,19,20)(H,21,22). The summed E-state index contributed by atoms with van der Waals surface area (Å²) in [6.45, 7) is 1.01. The van der Waals surface area contributed by atoms with Crippen LogP contribution < -0.4 is 16.4 Å². The molecule has 0 saturated carbocycles. The molecule has 2 rings (SSSR count). The van der Waals surface area contributed by atoms with Crippen molar-refractivity contribution in [3.8, 4) is 0 Å². The lowest BCUT2D eigenvalue weighted by Gasteiger charge is -2.07. The van der Waals surface area contributed by atoms with Crippen molar-refractivity contribution in [1.29, 1.82) is 0 Å². The van der Waals surface area contributed by atoms with Crippen LogP contribution in [0.15, 0.2) is 42.6 Å². The topological polar surface area (TPSA) is 80.0 Å². The van der Waals surface area contributed by atoms with Crippen molar-refractivity contribution in [3.05, 3.63) is 54.0 Å². The average molecular weight is 302 g/mol. The molecular weight excluding hydrogens is 283 g/mol. The minimum Gasteiger partial charge on any atom is -0.370 e. The number of hydrogen-bond donors (Lipinski definition) is 3. The summed E-state index contributed by atoms with van der Waals surface area (Å²) in [5.41, 5.74) is 7.01. The van der Waals surface area contributed by atoms with Crippen LogP contribution in [0, 0.1) is 5.82 Å². The van der Waals surface area contributed by atoms with Gasteiger partial charge in [-0.15, -0.1) is 0 Å². The summed E-state index contributed by atoms with van der Waals surface area (Å²) in [4.78, 5) is 15.6. The van der Waals surface area contributed by atoms with Gasteiger partial charge >= 0.3 is 0 Å². The number of aromatic nitrogens is 1. The maximum Gasteiger partial charge on any atom is 0.225 e. The summed E-state index contributed by atoms with van der Waals surface area (Å²) in [7, 11) is 0. The van der Waals surface area contributed by atoms with Crippen LogP contribution >= 0.6 is 0 Å². The summed E-state index contributed by atoms with van der Waals surface area (Å²) in [5.74, 6) is 0.367. The van der Waals surface area contributed by atoms with E-state index < -0.39 is 0 Å². The van der Waals surface area contributed by atoms with Crippen molar-refractivity contribution in [2.45, 2.75) is 12.8 Å². The molecule has 6 heteroatoms. The molecule has 116 valence electrons. The van der Waals surface area contributed by atoms with Gasteiger partial charge in [0, 0.05) is 19.5 Å². The van der Waals surface area contributed by atoms with E-state index in [1.165, 1.54) is 12.1 Å². The van der Waals surface area contributed by atoms with Crippen molar-refractivity contribution in [3.63, 3.8) is 0 Å². The fraction of sp³-hybridized carbons (Fsp3) is 0.250. The minimum atomic E-state index is -0.231. The number of nitrogens with zero attached hydrogens (tertiary/aromatic N) is 1. The summed E-state index contributed by atoms with van der Waals surface area (Å²) in [6.07, 6.45) is 2.66. The number of hydrogen-bond acceptors (Lipinski definition) is 4. The van der Waals surface area contributed by atoms with E-state index >= 15 is 0 Å². The predicted molar refractivity (Wildman–Crippen MR) is 85.1 cm³/mol. The fourth-order valence-electron chi connectivity index (χ4n) is 1.91. The molecule has 22 heavy (non-hydrogen) atoms. The molecule has 0 aliphatic carbocycles. The van der Waals surface area contributed by atoms with Crippen LogP contribution in [0.4, 0.5) is 15.9 Å².